The predicted octanol–water partition coefficient (Wildman–Crippen LogP) is 4.00. The van der Waals surface area contributed by atoms with Crippen LogP contribution < -0.4 is 4.90 Å². The first-order valence-corrected chi connectivity index (χ1v) is 8.00. The van der Waals surface area contributed by atoms with Gasteiger partial charge >= 0.3 is 0 Å². The van der Waals surface area contributed by atoms with Crippen molar-refractivity contribution in [3.63, 3.8) is 0 Å². The molecule has 3 nitrogen and oxygen atoms in total. The van der Waals surface area contributed by atoms with Crippen LogP contribution in [0.4, 0.5) is 5.69 Å². The molecule has 1 saturated carbocycles. The van der Waals surface area contributed by atoms with E-state index in [-0.39, 0.29) is 5.91 Å². The van der Waals surface area contributed by atoms with Crippen LogP contribution in [0.1, 0.15) is 56.9 Å². The number of nitriles is 1. The van der Waals surface area contributed by atoms with Gasteiger partial charge < -0.3 is 4.90 Å². The lowest BCUT2D eigenvalue weighted by Crippen LogP contribution is -2.47. The average Bonchev–Trinajstić information content (AvgIpc) is 2.55. The highest BCUT2D eigenvalue weighted by atomic mass is 16.2. The predicted molar refractivity (Wildman–Crippen MR) is 83.0 cm³/mol. The maximum Gasteiger partial charge on any atom is 0.247 e. The number of benzene rings is 1. The molecule has 0 aromatic heterocycles. The first kappa shape index (κ1) is 14.1. The van der Waals surface area contributed by atoms with Gasteiger partial charge in [-0.1, -0.05) is 44.4 Å². The van der Waals surface area contributed by atoms with Gasteiger partial charge in [-0.25, -0.2) is 0 Å². The van der Waals surface area contributed by atoms with Crippen LogP contribution in [0.15, 0.2) is 24.3 Å². The normalized spacial score (nSPS) is 24.0. The SMILES string of the molecule is CC1CCN(C(=O)C2(C#N)CCCCC2)c2ccccc21. The van der Waals surface area contributed by atoms with E-state index < -0.39 is 5.41 Å². The third kappa shape index (κ3) is 2.33. The highest BCUT2D eigenvalue weighted by molar-refractivity contribution is 6.00. The lowest BCUT2D eigenvalue weighted by Gasteiger charge is -2.39. The smallest absolute Gasteiger partial charge is 0.247 e. The van der Waals surface area contributed by atoms with Crippen molar-refractivity contribution >= 4 is 11.6 Å². The summed E-state index contributed by atoms with van der Waals surface area (Å²) in [5, 5.41) is 9.65. The highest BCUT2D eigenvalue weighted by Crippen LogP contribution is 2.42. The number of amides is 1. The van der Waals surface area contributed by atoms with E-state index in [1.165, 1.54) is 5.56 Å². The average molecular weight is 282 g/mol. The van der Waals surface area contributed by atoms with Crippen molar-refractivity contribution in [2.24, 2.45) is 5.41 Å². The zero-order chi connectivity index (χ0) is 14.9. The molecule has 3 rings (SSSR count). The first-order valence-electron chi connectivity index (χ1n) is 8.00. The molecule has 1 aliphatic carbocycles. The van der Waals surface area contributed by atoms with Gasteiger partial charge in [-0.3, -0.25) is 4.79 Å². The third-order valence-corrected chi connectivity index (χ3v) is 5.12. The molecule has 2 aliphatic rings. The Morgan fingerprint density at radius 1 is 1.29 bits per heavy atom. The largest absolute Gasteiger partial charge is 0.311 e. The van der Waals surface area contributed by atoms with Crippen LogP contribution in [0.3, 0.4) is 0 Å². The molecule has 1 atom stereocenters. The molecule has 21 heavy (non-hydrogen) atoms. The van der Waals surface area contributed by atoms with E-state index in [9.17, 15) is 10.1 Å². The summed E-state index contributed by atoms with van der Waals surface area (Å²) in [7, 11) is 0. The number of carbonyl (C=O) groups excluding carboxylic acids is 1. The summed E-state index contributed by atoms with van der Waals surface area (Å²) in [5.41, 5.74) is 1.47. The van der Waals surface area contributed by atoms with Gasteiger partial charge in [0.05, 0.1) is 6.07 Å². The van der Waals surface area contributed by atoms with E-state index in [4.69, 9.17) is 0 Å². The Kier molecular flexibility index (Phi) is 3.71. The number of nitrogens with zero attached hydrogens (tertiary/aromatic N) is 2. The van der Waals surface area contributed by atoms with E-state index in [2.05, 4.69) is 19.1 Å². The molecule has 110 valence electrons. The van der Waals surface area contributed by atoms with Crippen molar-refractivity contribution < 1.29 is 4.79 Å². The topological polar surface area (TPSA) is 44.1 Å². The molecule has 0 saturated heterocycles. The molecule has 1 aromatic rings. The molecule has 0 N–H and O–H groups in total. The summed E-state index contributed by atoms with van der Waals surface area (Å²) in [6, 6.07) is 10.5. The van der Waals surface area contributed by atoms with E-state index in [1.54, 1.807) is 0 Å². The molecular weight excluding hydrogens is 260 g/mol. The lowest BCUT2D eigenvalue weighted by molar-refractivity contribution is -0.127. The summed E-state index contributed by atoms with van der Waals surface area (Å²) in [5.74, 6) is 0.513. The minimum atomic E-state index is -0.786. The maximum absolute atomic E-state index is 13.1. The summed E-state index contributed by atoms with van der Waals surface area (Å²) in [6.07, 6.45) is 5.54. The Hall–Kier alpha value is -1.82. The fourth-order valence-corrected chi connectivity index (χ4v) is 3.75. The molecule has 1 amide bonds. The van der Waals surface area contributed by atoms with Gasteiger partial charge in [0.2, 0.25) is 5.91 Å². The van der Waals surface area contributed by atoms with Crippen LogP contribution >= 0.6 is 0 Å². The zero-order valence-corrected chi connectivity index (χ0v) is 12.6. The van der Waals surface area contributed by atoms with Crippen molar-refractivity contribution in [1.82, 2.24) is 0 Å². The molecule has 0 bridgehead atoms. The quantitative estimate of drug-likeness (QED) is 0.781. The molecule has 0 radical (unpaired) electrons. The summed E-state index contributed by atoms with van der Waals surface area (Å²) < 4.78 is 0. The third-order valence-electron chi connectivity index (χ3n) is 5.12. The Morgan fingerprint density at radius 3 is 2.71 bits per heavy atom. The molecular formula is C18H22N2O. The minimum Gasteiger partial charge on any atom is -0.311 e. The number of hydrogen-bond donors (Lipinski definition) is 0. The second-order valence-corrected chi connectivity index (χ2v) is 6.46. The number of rotatable bonds is 1. The highest BCUT2D eigenvalue weighted by Gasteiger charge is 2.44. The molecule has 1 aliphatic heterocycles. The molecule has 0 spiro atoms. The van der Waals surface area contributed by atoms with Crippen LogP contribution in [0, 0.1) is 16.7 Å². The van der Waals surface area contributed by atoms with E-state index >= 15 is 0 Å². The number of para-hydroxylation sites is 1. The van der Waals surface area contributed by atoms with Crippen LogP contribution in [-0.2, 0) is 4.79 Å². The molecule has 1 heterocycles. The summed E-state index contributed by atoms with van der Waals surface area (Å²) in [4.78, 5) is 15.0. The Labute approximate surface area is 126 Å². The van der Waals surface area contributed by atoms with E-state index in [0.29, 0.717) is 5.92 Å². The number of hydrogen-bond acceptors (Lipinski definition) is 2. The lowest BCUT2D eigenvalue weighted by atomic mass is 9.73. The second-order valence-electron chi connectivity index (χ2n) is 6.46. The van der Waals surface area contributed by atoms with Crippen molar-refractivity contribution in [3.8, 4) is 6.07 Å². The number of carbonyl (C=O) groups is 1. The van der Waals surface area contributed by atoms with E-state index in [0.717, 1.165) is 50.8 Å². The summed E-state index contributed by atoms with van der Waals surface area (Å²) in [6.45, 7) is 2.95. The first-order chi connectivity index (χ1) is 10.2. The van der Waals surface area contributed by atoms with Gasteiger partial charge in [0.15, 0.2) is 0 Å². The van der Waals surface area contributed by atoms with E-state index in [1.807, 2.05) is 23.1 Å². The van der Waals surface area contributed by atoms with Gasteiger partial charge in [0, 0.05) is 12.2 Å². The summed E-state index contributed by atoms with van der Waals surface area (Å²) >= 11 is 0. The number of fused-ring (bicyclic) bond motifs is 1. The van der Waals surface area contributed by atoms with Crippen molar-refractivity contribution in [2.75, 3.05) is 11.4 Å². The maximum atomic E-state index is 13.1. The Balaban J connectivity index is 1.96. The van der Waals surface area contributed by atoms with Crippen molar-refractivity contribution in [2.45, 2.75) is 51.4 Å². The van der Waals surface area contributed by atoms with Crippen molar-refractivity contribution in [3.05, 3.63) is 29.8 Å². The zero-order valence-electron chi connectivity index (χ0n) is 12.6. The molecule has 3 heteroatoms. The van der Waals surface area contributed by atoms with Crippen LogP contribution in [-0.4, -0.2) is 12.5 Å². The molecule has 1 aromatic carbocycles. The standard InChI is InChI=1S/C18H22N2O/c1-14-9-12-20(16-8-4-3-7-15(14)16)17(21)18(13-19)10-5-2-6-11-18/h3-4,7-8,14H,2,5-6,9-12H2,1H3. The fourth-order valence-electron chi connectivity index (χ4n) is 3.75. The van der Waals surface area contributed by atoms with Gasteiger partial charge in [-0.05, 0) is 36.8 Å². The van der Waals surface area contributed by atoms with Crippen molar-refractivity contribution in [1.29, 1.82) is 5.26 Å². The monoisotopic (exact) mass is 282 g/mol. The minimum absolute atomic E-state index is 0.0315. The van der Waals surface area contributed by atoms with Gasteiger partial charge in [0.1, 0.15) is 5.41 Å². The fraction of sp³-hybridized carbons (Fsp3) is 0.556. The molecule has 1 fully saturated rings. The number of anilines is 1. The van der Waals surface area contributed by atoms with Gasteiger partial charge in [0.25, 0.3) is 0 Å². The van der Waals surface area contributed by atoms with Crippen LogP contribution in [0.2, 0.25) is 0 Å². The van der Waals surface area contributed by atoms with Crippen LogP contribution in [0.5, 0.6) is 0 Å². The Bertz CT molecular complexity index is 581. The van der Waals surface area contributed by atoms with Gasteiger partial charge in [-0.2, -0.15) is 5.26 Å². The Morgan fingerprint density at radius 2 is 2.00 bits per heavy atom. The molecule has 1 unspecified atom stereocenters. The van der Waals surface area contributed by atoms with Crippen LogP contribution in [0.25, 0.3) is 0 Å². The second kappa shape index (κ2) is 5.52. The van der Waals surface area contributed by atoms with Gasteiger partial charge in [-0.15, -0.1) is 0 Å².